The molecule has 0 unspecified atom stereocenters. The zero-order valence-corrected chi connectivity index (χ0v) is 12.8. The van der Waals surface area contributed by atoms with E-state index in [1.807, 2.05) is 6.92 Å². The topological polar surface area (TPSA) is 41.6 Å². The Morgan fingerprint density at radius 3 is 2.52 bits per heavy atom. The van der Waals surface area contributed by atoms with Gasteiger partial charge < -0.3 is 15.0 Å². The van der Waals surface area contributed by atoms with Gasteiger partial charge in [-0.25, -0.2) is 0 Å². The summed E-state index contributed by atoms with van der Waals surface area (Å²) in [6, 6.07) is 5.33. The fraction of sp³-hybridized carbons (Fsp3) is 0.500. The van der Waals surface area contributed by atoms with Crippen LogP contribution in [-0.4, -0.2) is 43.6 Å². The van der Waals surface area contributed by atoms with Gasteiger partial charge in [0.25, 0.3) is 5.91 Å². The Morgan fingerprint density at radius 2 is 2.00 bits per heavy atom. The summed E-state index contributed by atoms with van der Waals surface area (Å²) in [7, 11) is 1.46. The van der Waals surface area contributed by atoms with E-state index in [0.717, 1.165) is 0 Å². The van der Waals surface area contributed by atoms with Gasteiger partial charge in [0, 0.05) is 31.2 Å². The van der Waals surface area contributed by atoms with Crippen LogP contribution >= 0.6 is 12.4 Å². The SMILES string of the molecule is COc1ccc(C(F)(F)C(=O)N2CCN[C@H](C)C2)cc1.Cl. The second kappa shape index (κ2) is 7.04. The van der Waals surface area contributed by atoms with E-state index in [-0.39, 0.29) is 24.0 Å². The third-order valence-electron chi connectivity index (χ3n) is 3.38. The lowest BCUT2D eigenvalue weighted by atomic mass is 10.1. The highest BCUT2D eigenvalue weighted by Gasteiger charge is 2.44. The van der Waals surface area contributed by atoms with E-state index >= 15 is 0 Å². The van der Waals surface area contributed by atoms with Gasteiger partial charge in [0.05, 0.1) is 7.11 Å². The van der Waals surface area contributed by atoms with Gasteiger partial charge >= 0.3 is 5.92 Å². The standard InChI is InChI=1S/C14H18F2N2O2.ClH/c1-10-9-18(8-7-17-10)13(19)14(15,16)11-3-5-12(20-2)6-4-11;/h3-6,10,17H,7-9H2,1-2H3;1H/t10-;/m1./s1. The molecular formula is C14H19ClF2N2O2. The molecule has 21 heavy (non-hydrogen) atoms. The molecule has 1 amide bonds. The summed E-state index contributed by atoms with van der Waals surface area (Å²) in [6.07, 6.45) is 0. The number of benzene rings is 1. The number of nitrogens with zero attached hydrogens (tertiary/aromatic N) is 1. The van der Waals surface area contributed by atoms with Crippen LogP contribution in [0.5, 0.6) is 5.75 Å². The van der Waals surface area contributed by atoms with Crippen molar-refractivity contribution in [1.29, 1.82) is 0 Å². The molecule has 1 atom stereocenters. The maximum absolute atomic E-state index is 14.2. The minimum absolute atomic E-state index is 0. The molecule has 1 heterocycles. The van der Waals surface area contributed by atoms with E-state index in [2.05, 4.69) is 5.32 Å². The van der Waals surface area contributed by atoms with E-state index in [4.69, 9.17) is 4.74 Å². The number of amides is 1. The van der Waals surface area contributed by atoms with E-state index in [1.54, 1.807) is 0 Å². The van der Waals surface area contributed by atoms with Gasteiger partial charge in [0.1, 0.15) is 5.75 Å². The fourth-order valence-electron chi connectivity index (χ4n) is 2.24. The molecule has 1 aromatic rings. The Labute approximate surface area is 128 Å². The van der Waals surface area contributed by atoms with Gasteiger partial charge in [0.15, 0.2) is 0 Å². The van der Waals surface area contributed by atoms with Crippen LogP contribution < -0.4 is 10.1 Å². The number of rotatable bonds is 3. The predicted octanol–water partition coefficient (Wildman–Crippen LogP) is 2.03. The summed E-state index contributed by atoms with van der Waals surface area (Å²) in [5.74, 6) is -4.17. The first-order valence-corrected chi connectivity index (χ1v) is 6.50. The fourth-order valence-corrected chi connectivity index (χ4v) is 2.24. The molecule has 4 nitrogen and oxygen atoms in total. The van der Waals surface area contributed by atoms with Crippen LogP contribution in [0.25, 0.3) is 0 Å². The molecule has 118 valence electrons. The number of nitrogens with one attached hydrogen (secondary N) is 1. The number of ether oxygens (including phenoxy) is 1. The molecule has 0 aromatic heterocycles. The summed E-state index contributed by atoms with van der Waals surface area (Å²) in [6.45, 7) is 3.00. The van der Waals surface area contributed by atoms with Crippen molar-refractivity contribution in [2.24, 2.45) is 0 Å². The number of carbonyl (C=O) groups is 1. The molecule has 1 saturated heterocycles. The highest BCUT2D eigenvalue weighted by Crippen LogP contribution is 2.31. The molecule has 0 radical (unpaired) electrons. The molecular weight excluding hydrogens is 302 g/mol. The Morgan fingerprint density at radius 1 is 1.38 bits per heavy atom. The first kappa shape index (κ1) is 17.7. The number of halogens is 3. The summed E-state index contributed by atoms with van der Waals surface area (Å²) < 4.78 is 33.4. The normalized spacial score (nSPS) is 18.9. The number of hydrogen-bond acceptors (Lipinski definition) is 3. The minimum Gasteiger partial charge on any atom is -0.497 e. The average molecular weight is 321 g/mol. The highest BCUT2D eigenvalue weighted by atomic mass is 35.5. The number of alkyl halides is 2. The molecule has 0 saturated carbocycles. The smallest absolute Gasteiger partial charge is 0.349 e. The van der Waals surface area contributed by atoms with E-state index in [9.17, 15) is 13.6 Å². The molecule has 1 N–H and O–H groups in total. The van der Waals surface area contributed by atoms with Crippen LogP contribution in [0, 0.1) is 0 Å². The zero-order chi connectivity index (χ0) is 14.8. The molecule has 1 aromatic carbocycles. The Balaban J connectivity index is 0.00000220. The second-order valence-electron chi connectivity index (χ2n) is 4.91. The maximum atomic E-state index is 14.2. The minimum atomic E-state index is -3.51. The van der Waals surface area contributed by atoms with Gasteiger partial charge in [0.2, 0.25) is 0 Å². The Kier molecular flexibility index (Phi) is 5.92. The second-order valence-corrected chi connectivity index (χ2v) is 4.91. The molecule has 0 aliphatic carbocycles. The lowest BCUT2D eigenvalue weighted by molar-refractivity contribution is -0.160. The molecule has 0 spiro atoms. The average Bonchev–Trinajstić information content (AvgIpc) is 2.46. The molecule has 0 bridgehead atoms. The lowest BCUT2D eigenvalue weighted by Crippen LogP contribution is -2.54. The van der Waals surface area contributed by atoms with Crippen LogP contribution in [0.2, 0.25) is 0 Å². The molecule has 1 aliphatic heterocycles. The van der Waals surface area contributed by atoms with Gasteiger partial charge in [-0.1, -0.05) is 0 Å². The predicted molar refractivity (Wildman–Crippen MR) is 78.2 cm³/mol. The summed E-state index contributed by atoms with van der Waals surface area (Å²) >= 11 is 0. The number of carbonyl (C=O) groups excluding carboxylic acids is 1. The third-order valence-corrected chi connectivity index (χ3v) is 3.38. The highest BCUT2D eigenvalue weighted by molar-refractivity contribution is 5.85. The lowest BCUT2D eigenvalue weighted by Gasteiger charge is -2.34. The van der Waals surface area contributed by atoms with Crippen LogP contribution in [0.4, 0.5) is 8.78 Å². The van der Waals surface area contributed by atoms with E-state index in [0.29, 0.717) is 25.4 Å². The van der Waals surface area contributed by atoms with Crippen molar-refractivity contribution >= 4 is 18.3 Å². The van der Waals surface area contributed by atoms with Crippen LogP contribution in [0.15, 0.2) is 24.3 Å². The first-order chi connectivity index (χ1) is 9.45. The van der Waals surface area contributed by atoms with Gasteiger partial charge in [-0.2, -0.15) is 8.78 Å². The first-order valence-electron chi connectivity index (χ1n) is 6.50. The number of piperazine rings is 1. The van der Waals surface area contributed by atoms with Gasteiger partial charge in [-0.05, 0) is 31.2 Å². The van der Waals surface area contributed by atoms with Crippen molar-refractivity contribution in [3.63, 3.8) is 0 Å². The Bertz CT molecular complexity index is 482. The van der Waals surface area contributed by atoms with Crippen molar-refractivity contribution < 1.29 is 18.3 Å². The van der Waals surface area contributed by atoms with Crippen molar-refractivity contribution in [1.82, 2.24) is 10.2 Å². The van der Waals surface area contributed by atoms with E-state index < -0.39 is 11.8 Å². The van der Waals surface area contributed by atoms with Gasteiger partial charge in [-0.15, -0.1) is 12.4 Å². The third kappa shape index (κ3) is 3.83. The van der Waals surface area contributed by atoms with Crippen LogP contribution in [0.3, 0.4) is 0 Å². The van der Waals surface area contributed by atoms with Crippen molar-refractivity contribution in [3.05, 3.63) is 29.8 Å². The number of methoxy groups -OCH3 is 1. The Hall–Kier alpha value is -1.40. The van der Waals surface area contributed by atoms with Crippen molar-refractivity contribution in [2.45, 2.75) is 18.9 Å². The van der Waals surface area contributed by atoms with Crippen LogP contribution in [0.1, 0.15) is 12.5 Å². The zero-order valence-electron chi connectivity index (χ0n) is 11.9. The maximum Gasteiger partial charge on any atom is 0.349 e. The molecule has 2 rings (SSSR count). The van der Waals surface area contributed by atoms with Crippen molar-refractivity contribution in [2.75, 3.05) is 26.7 Å². The van der Waals surface area contributed by atoms with Crippen molar-refractivity contribution in [3.8, 4) is 5.75 Å². The summed E-state index contributed by atoms with van der Waals surface area (Å²) in [5.41, 5.74) is -0.311. The summed E-state index contributed by atoms with van der Waals surface area (Å²) in [4.78, 5) is 13.3. The monoisotopic (exact) mass is 320 g/mol. The summed E-state index contributed by atoms with van der Waals surface area (Å²) in [5, 5.41) is 3.12. The molecule has 1 fully saturated rings. The van der Waals surface area contributed by atoms with Crippen LogP contribution in [-0.2, 0) is 10.7 Å². The largest absolute Gasteiger partial charge is 0.497 e. The van der Waals surface area contributed by atoms with E-state index in [1.165, 1.54) is 36.3 Å². The van der Waals surface area contributed by atoms with Gasteiger partial charge in [-0.3, -0.25) is 4.79 Å². The number of hydrogen-bond donors (Lipinski definition) is 1. The quantitative estimate of drug-likeness (QED) is 0.926. The molecule has 1 aliphatic rings. The molecule has 7 heteroatoms.